The fraction of sp³-hybridized carbons (Fsp3) is 0.300. The zero-order chi connectivity index (χ0) is 7.68. The van der Waals surface area contributed by atoms with Gasteiger partial charge in [-0.15, -0.1) is 0 Å². The van der Waals surface area contributed by atoms with Gasteiger partial charge in [-0.2, -0.15) is 0 Å². The predicted octanol–water partition coefficient (Wildman–Crippen LogP) is 2.59. The molecule has 1 aromatic carbocycles. The molecule has 1 atom stereocenters. The van der Waals surface area contributed by atoms with Crippen molar-refractivity contribution in [1.29, 1.82) is 0 Å². The first-order valence-corrected chi connectivity index (χ1v) is 4.28. The van der Waals surface area contributed by atoms with E-state index in [-0.39, 0.29) is 0 Å². The molecule has 1 unspecified atom stereocenters. The van der Waals surface area contributed by atoms with Crippen LogP contribution in [0.5, 0.6) is 0 Å². The summed E-state index contributed by atoms with van der Waals surface area (Å²) in [4.78, 5) is 0. The van der Waals surface area contributed by atoms with Crippen LogP contribution < -0.4 is 0 Å². The molecule has 0 aliphatic heterocycles. The van der Waals surface area contributed by atoms with Gasteiger partial charge in [-0.3, -0.25) is 0 Å². The Morgan fingerprint density at radius 3 is 3.00 bits per heavy atom. The number of hydrogen-bond acceptors (Lipinski definition) is 1. The lowest BCUT2D eigenvalue weighted by Crippen LogP contribution is -1.90. The van der Waals surface area contributed by atoms with E-state index in [0.29, 0.717) is 5.92 Å². The summed E-state index contributed by atoms with van der Waals surface area (Å²) in [6.45, 7) is 0. The molecule has 0 heterocycles. The topological polar surface area (TPSA) is 0 Å². The van der Waals surface area contributed by atoms with Crippen LogP contribution >= 0.6 is 12.2 Å². The van der Waals surface area contributed by atoms with Crippen molar-refractivity contribution in [2.24, 2.45) is 0 Å². The van der Waals surface area contributed by atoms with Gasteiger partial charge in [0.15, 0.2) is 0 Å². The maximum Gasteiger partial charge on any atom is 0.0372 e. The summed E-state index contributed by atoms with van der Waals surface area (Å²) in [7, 11) is 0. The van der Waals surface area contributed by atoms with Crippen molar-refractivity contribution in [3.8, 4) is 0 Å². The van der Waals surface area contributed by atoms with Gasteiger partial charge in [0.05, 0.1) is 0 Å². The van der Waals surface area contributed by atoms with Crippen LogP contribution in [0.1, 0.15) is 23.5 Å². The van der Waals surface area contributed by atoms with Crippen LogP contribution in [0.3, 0.4) is 0 Å². The SMILES string of the molecule is S=[C]C1CCc2ccccc21. The van der Waals surface area contributed by atoms with E-state index < -0.39 is 0 Å². The Bertz CT molecular complexity index is 278. The molecule has 1 radical (unpaired) electrons. The molecule has 0 nitrogen and oxygen atoms in total. The second kappa shape index (κ2) is 2.74. The molecular weight excluding hydrogens is 152 g/mol. The standard InChI is InChI=1S/C10H9S/c11-7-9-6-5-8-3-1-2-4-10(8)9/h1-4,9H,5-6H2. The number of hydrogen-bond donors (Lipinski definition) is 0. The highest BCUT2D eigenvalue weighted by atomic mass is 32.1. The van der Waals surface area contributed by atoms with Crippen LogP contribution in [-0.4, -0.2) is 5.37 Å². The molecule has 55 valence electrons. The van der Waals surface area contributed by atoms with Crippen LogP contribution in [0.2, 0.25) is 0 Å². The number of fused-ring (bicyclic) bond motifs is 1. The van der Waals surface area contributed by atoms with Gasteiger partial charge in [0.25, 0.3) is 0 Å². The molecule has 0 amide bonds. The Morgan fingerprint density at radius 2 is 2.18 bits per heavy atom. The fourth-order valence-corrected chi connectivity index (χ4v) is 1.92. The molecule has 2 rings (SSSR count). The molecule has 1 aromatic rings. The maximum absolute atomic E-state index is 4.84. The first kappa shape index (κ1) is 6.99. The van der Waals surface area contributed by atoms with Crippen LogP contribution in [0, 0.1) is 0 Å². The summed E-state index contributed by atoms with van der Waals surface area (Å²) >= 11 is 4.84. The summed E-state index contributed by atoms with van der Waals surface area (Å²) < 4.78 is 0. The molecule has 11 heavy (non-hydrogen) atoms. The number of benzene rings is 1. The first-order valence-electron chi connectivity index (χ1n) is 3.87. The largest absolute Gasteiger partial charge is 0.0830 e. The average molecular weight is 161 g/mol. The molecular formula is C10H9S. The summed E-state index contributed by atoms with van der Waals surface area (Å²) in [6, 6.07) is 8.50. The lowest BCUT2D eigenvalue weighted by Gasteiger charge is -2.01. The average Bonchev–Trinajstić information content (AvgIpc) is 2.47. The van der Waals surface area contributed by atoms with E-state index in [1.54, 1.807) is 0 Å². The monoisotopic (exact) mass is 161 g/mol. The summed E-state index contributed by atoms with van der Waals surface area (Å²) in [6.07, 6.45) is 2.33. The molecule has 0 bridgehead atoms. The molecule has 0 aromatic heterocycles. The van der Waals surface area contributed by atoms with Crippen molar-refractivity contribution >= 4 is 17.6 Å². The minimum absolute atomic E-state index is 0.418. The van der Waals surface area contributed by atoms with Crippen LogP contribution in [0.4, 0.5) is 0 Å². The number of thiocarbonyl (C=S) groups is 1. The molecule has 0 fully saturated rings. The quantitative estimate of drug-likeness (QED) is 0.570. The second-order valence-corrected chi connectivity index (χ2v) is 3.14. The van der Waals surface area contributed by atoms with E-state index in [2.05, 4.69) is 29.6 Å². The lowest BCUT2D eigenvalue weighted by molar-refractivity contribution is 0.868. The minimum Gasteiger partial charge on any atom is -0.0830 e. The minimum atomic E-state index is 0.418. The van der Waals surface area contributed by atoms with Crippen molar-refractivity contribution in [1.82, 2.24) is 0 Å². The smallest absolute Gasteiger partial charge is 0.0372 e. The van der Waals surface area contributed by atoms with Gasteiger partial charge < -0.3 is 0 Å². The lowest BCUT2D eigenvalue weighted by atomic mass is 10.0. The third kappa shape index (κ3) is 1.10. The van der Waals surface area contributed by atoms with E-state index in [4.69, 9.17) is 12.2 Å². The molecule has 0 saturated heterocycles. The normalized spacial score (nSPS) is 21.3. The van der Waals surface area contributed by atoms with Crippen molar-refractivity contribution in [2.75, 3.05) is 0 Å². The van der Waals surface area contributed by atoms with E-state index in [1.165, 1.54) is 17.5 Å². The molecule has 0 N–H and O–H groups in total. The van der Waals surface area contributed by atoms with Gasteiger partial charge in [-0.25, -0.2) is 0 Å². The van der Waals surface area contributed by atoms with E-state index in [1.807, 2.05) is 0 Å². The van der Waals surface area contributed by atoms with E-state index in [0.717, 1.165) is 6.42 Å². The third-order valence-electron chi connectivity index (χ3n) is 2.28. The molecule has 1 heteroatoms. The van der Waals surface area contributed by atoms with Crippen molar-refractivity contribution < 1.29 is 0 Å². The van der Waals surface area contributed by atoms with Gasteiger partial charge >= 0.3 is 0 Å². The second-order valence-electron chi connectivity index (χ2n) is 2.91. The van der Waals surface area contributed by atoms with Gasteiger partial charge in [0.1, 0.15) is 0 Å². The molecule has 1 aliphatic rings. The highest BCUT2D eigenvalue weighted by molar-refractivity contribution is 7.79. The summed E-state index contributed by atoms with van der Waals surface area (Å²) in [5.41, 5.74) is 2.84. The van der Waals surface area contributed by atoms with Crippen molar-refractivity contribution in [3.05, 3.63) is 35.4 Å². The Hall–Kier alpha value is -0.690. The molecule has 0 spiro atoms. The van der Waals surface area contributed by atoms with Crippen LogP contribution in [0.25, 0.3) is 0 Å². The Kier molecular flexibility index (Phi) is 1.74. The number of aryl methyl sites for hydroxylation is 1. The van der Waals surface area contributed by atoms with E-state index in [9.17, 15) is 0 Å². The summed E-state index contributed by atoms with van der Waals surface area (Å²) in [5, 5.41) is 2.90. The highest BCUT2D eigenvalue weighted by Gasteiger charge is 2.19. The highest BCUT2D eigenvalue weighted by Crippen LogP contribution is 2.31. The fourth-order valence-electron chi connectivity index (χ4n) is 1.68. The van der Waals surface area contributed by atoms with Gasteiger partial charge in [-0.1, -0.05) is 36.5 Å². The van der Waals surface area contributed by atoms with Crippen LogP contribution in [0.15, 0.2) is 24.3 Å². The summed E-state index contributed by atoms with van der Waals surface area (Å²) in [5.74, 6) is 0.418. The van der Waals surface area contributed by atoms with E-state index >= 15 is 0 Å². The molecule has 1 aliphatic carbocycles. The maximum atomic E-state index is 4.84. The Labute approximate surface area is 72.2 Å². The first-order chi connectivity index (χ1) is 5.42. The number of rotatable bonds is 1. The molecule has 0 saturated carbocycles. The zero-order valence-electron chi connectivity index (χ0n) is 6.21. The zero-order valence-corrected chi connectivity index (χ0v) is 7.03. The van der Waals surface area contributed by atoms with Gasteiger partial charge in [-0.05, 0) is 24.0 Å². The Balaban J connectivity index is 2.46. The van der Waals surface area contributed by atoms with Gasteiger partial charge in [0, 0.05) is 11.3 Å². The Morgan fingerprint density at radius 1 is 1.36 bits per heavy atom. The van der Waals surface area contributed by atoms with Crippen molar-refractivity contribution in [3.63, 3.8) is 0 Å². The predicted molar refractivity (Wildman–Crippen MR) is 50.1 cm³/mol. The van der Waals surface area contributed by atoms with Gasteiger partial charge in [0.2, 0.25) is 0 Å². The van der Waals surface area contributed by atoms with Crippen LogP contribution in [-0.2, 0) is 6.42 Å². The third-order valence-corrected chi connectivity index (χ3v) is 2.56. The van der Waals surface area contributed by atoms with Crippen molar-refractivity contribution in [2.45, 2.75) is 18.8 Å².